The van der Waals surface area contributed by atoms with Gasteiger partial charge in [-0.15, -0.1) is 0 Å². The monoisotopic (exact) mass is 466 g/mol. The van der Waals surface area contributed by atoms with Crippen LogP contribution in [0.4, 0.5) is 14.6 Å². The number of hydrogen-bond acceptors (Lipinski definition) is 5. The lowest BCUT2D eigenvalue weighted by Crippen LogP contribution is -2.12. The summed E-state index contributed by atoms with van der Waals surface area (Å²) in [7, 11) is 0. The van der Waals surface area contributed by atoms with Crippen LogP contribution in [0.15, 0.2) is 42.7 Å². The molecule has 0 aliphatic heterocycles. The summed E-state index contributed by atoms with van der Waals surface area (Å²) < 4.78 is 35.3. The predicted octanol–water partition coefficient (Wildman–Crippen LogP) is 5.20. The SMILES string of the molecule is CCOc1cc(-c2cc(NCCn3c(C)cc4c(C)c(F)c(F)cc43)ncn2)ccc1C(=O)O. The van der Waals surface area contributed by atoms with Crippen molar-refractivity contribution in [2.75, 3.05) is 18.5 Å². The summed E-state index contributed by atoms with van der Waals surface area (Å²) in [6, 6.07) is 9.64. The fraction of sp³-hybridized carbons (Fsp3) is 0.240. The van der Waals surface area contributed by atoms with Gasteiger partial charge in [-0.05, 0) is 44.5 Å². The molecule has 0 aliphatic carbocycles. The van der Waals surface area contributed by atoms with Gasteiger partial charge in [0.1, 0.15) is 23.5 Å². The van der Waals surface area contributed by atoms with E-state index in [1.165, 1.54) is 18.5 Å². The summed E-state index contributed by atoms with van der Waals surface area (Å²) >= 11 is 0. The van der Waals surface area contributed by atoms with Gasteiger partial charge in [0.25, 0.3) is 0 Å². The molecule has 0 amide bonds. The second-order valence-electron chi connectivity index (χ2n) is 7.83. The number of rotatable bonds is 8. The highest BCUT2D eigenvalue weighted by Crippen LogP contribution is 2.28. The van der Waals surface area contributed by atoms with Gasteiger partial charge in [-0.3, -0.25) is 0 Å². The van der Waals surface area contributed by atoms with Crippen LogP contribution in [-0.2, 0) is 6.54 Å². The normalized spacial score (nSPS) is 11.1. The van der Waals surface area contributed by atoms with Crippen LogP contribution < -0.4 is 10.1 Å². The van der Waals surface area contributed by atoms with Crippen molar-refractivity contribution in [2.45, 2.75) is 27.3 Å². The second kappa shape index (κ2) is 9.46. The van der Waals surface area contributed by atoms with Crippen molar-refractivity contribution < 1.29 is 23.4 Å². The highest BCUT2D eigenvalue weighted by Gasteiger charge is 2.16. The van der Waals surface area contributed by atoms with Crippen LogP contribution in [0.5, 0.6) is 5.75 Å². The molecule has 0 bridgehead atoms. The Labute approximate surface area is 195 Å². The molecule has 34 heavy (non-hydrogen) atoms. The van der Waals surface area contributed by atoms with Crippen molar-refractivity contribution in [3.63, 3.8) is 0 Å². The van der Waals surface area contributed by atoms with Gasteiger partial charge in [-0.25, -0.2) is 23.5 Å². The molecule has 0 aliphatic rings. The molecule has 0 spiro atoms. The minimum absolute atomic E-state index is 0.0823. The maximum Gasteiger partial charge on any atom is 0.339 e. The lowest BCUT2D eigenvalue weighted by atomic mass is 10.1. The number of anilines is 1. The number of halogens is 2. The Bertz CT molecular complexity index is 1380. The van der Waals surface area contributed by atoms with Crippen LogP contribution in [0, 0.1) is 25.5 Å². The maximum absolute atomic E-state index is 14.0. The molecular formula is C25H24F2N4O3. The number of carboxylic acid groups (broad SMARTS) is 1. The molecule has 2 aromatic heterocycles. The number of fused-ring (bicyclic) bond motifs is 1. The molecule has 0 radical (unpaired) electrons. The third-order valence-corrected chi connectivity index (χ3v) is 5.67. The summed E-state index contributed by atoms with van der Waals surface area (Å²) in [6.07, 6.45) is 1.42. The fourth-order valence-corrected chi connectivity index (χ4v) is 3.97. The van der Waals surface area contributed by atoms with Crippen molar-refractivity contribution >= 4 is 22.7 Å². The van der Waals surface area contributed by atoms with E-state index in [0.717, 1.165) is 5.69 Å². The van der Waals surface area contributed by atoms with Gasteiger partial charge in [0, 0.05) is 41.9 Å². The van der Waals surface area contributed by atoms with Gasteiger partial charge in [0.2, 0.25) is 0 Å². The molecule has 2 heterocycles. The van der Waals surface area contributed by atoms with Crippen LogP contribution >= 0.6 is 0 Å². The molecule has 0 atom stereocenters. The van der Waals surface area contributed by atoms with Crippen molar-refractivity contribution in [2.24, 2.45) is 0 Å². The number of benzene rings is 2. The van der Waals surface area contributed by atoms with E-state index in [-0.39, 0.29) is 11.3 Å². The Morgan fingerprint density at radius 1 is 1.15 bits per heavy atom. The number of carbonyl (C=O) groups is 1. The first kappa shape index (κ1) is 23.2. The number of ether oxygens (including phenoxy) is 1. The van der Waals surface area contributed by atoms with E-state index in [1.807, 2.05) is 17.6 Å². The second-order valence-corrected chi connectivity index (χ2v) is 7.83. The molecule has 4 rings (SSSR count). The molecule has 7 nitrogen and oxygen atoms in total. The zero-order valence-electron chi connectivity index (χ0n) is 19.0. The summed E-state index contributed by atoms with van der Waals surface area (Å²) in [6.45, 7) is 6.60. The van der Waals surface area contributed by atoms with Gasteiger partial charge >= 0.3 is 5.97 Å². The topological polar surface area (TPSA) is 89.3 Å². The summed E-state index contributed by atoms with van der Waals surface area (Å²) in [5, 5.41) is 13.3. The van der Waals surface area contributed by atoms with Crippen LogP contribution in [0.3, 0.4) is 0 Å². The first-order valence-electron chi connectivity index (χ1n) is 10.8. The van der Waals surface area contributed by atoms with Crippen molar-refractivity contribution in [3.8, 4) is 17.0 Å². The molecular weight excluding hydrogens is 442 g/mol. The average molecular weight is 466 g/mol. The average Bonchev–Trinajstić information content (AvgIpc) is 3.13. The van der Waals surface area contributed by atoms with Crippen LogP contribution in [0.25, 0.3) is 22.2 Å². The Morgan fingerprint density at radius 2 is 1.94 bits per heavy atom. The van der Waals surface area contributed by atoms with E-state index in [0.29, 0.717) is 53.2 Å². The first-order chi connectivity index (χ1) is 16.3. The predicted molar refractivity (Wildman–Crippen MR) is 125 cm³/mol. The van der Waals surface area contributed by atoms with Gasteiger partial charge in [-0.2, -0.15) is 0 Å². The molecule has 0 unspecified atom stereocenters. The lowest BCUT2D eigenvalue weighted by Gasteiger charge is -2.12. The number of aromatic nitrogens is 3. The van der Waals surface area contributed by atoms with Gasteiger partial charge < -0.3 is 19.7 Å². The molecule has 2 aromatic carbocycles. The van der Waals surface area contributed by atoms with E-state index in [4.69, 9.17) is 4.74 Å². The number of aryl methyl sites for hydroxylation is 2. The van der Waals surface area contributed by atoms with Crippen molar-refractivity contribution in [1.82, 2.24) is 14.5 Å². The first-order valence-corrected chi connectivity index (χ1v) is 10.8. The molecule has 0 fully saturated rings. The molecule has 0 saturated heterocycles. The standard InChI is InChI=1S/C25H24F2N4O3/c1-4-34-22-10-16(5-6-17(22)25(32)33)20-12-23(30-13-29-20)28-7-8-31-14(2)9-18-15(3)24(27)19(26)11-21(18)31/h5-6,9-13H,4,7-8H2,1-3H3,(H,32,33)(H,28,29,30). The number of nitrogens with one attached hydrogen (secondary N) is 1. The lowest BCUT2D eigenvalue weighted by molar-refractivity contribution is 0.0692. The van der Waals surface area contributed by atoms with E-state index >= 15 is 0 Å². The highest BCUT2D eigenvalue weighted by molar-refractivity contribution is 5.92. The van der Waals surface area contributed by atoms with Crippen molar-refractivity contribution in [3.05, 3.63) is 71.2 Å². The number of carboxylic acids is 1. The minimum atomic E-state index is -1.06. The van der Waals surface area contributed by atoms with E-state index in [1.54, 1.807) is 32.0 Å². The highest BCUT2D eigenvalue weighted by atomic mass is 19.2. The zero-order valence-corrected chi connectivity index (χ0v) is 19.0. The Morgan fingerprint density at radius 3 is 2.68 bits per heavy atom. The van der Waals surface area contributed by atoms with E-state index in [2.05, 4.69) is 15.3 Å². The van der Waals surface area contributed by atoms with Crippen LogP contribution in [0.2, 0.25) is 0 Å². The Balaban J connectivity index is 1.53. The molecule has 2 N–H and O–H groups in total. The van der Waals surface area contributed by atoms with Gasteiger partial charge in [0.15, 0.2) is 11.6 Å². The third-order valence-electron chi connectivity index (χ3n) is 5.67. The maximum atomic E-state index is 14.0. The van der Waals surface area contributed by atoms with Crippen LogP contribution in [0.1, 0.15) is 28.5 Å². The largest absolute Gasteiger partial charge is 0.493 e. The van der Waals surface area contributed by atoms with E-state index < -0.39 is 17.6 Å². The molecule has 176 valence electrons. The molecule has 9 heteroatoms. The molecule has 0 saturated carbocycles. The number of aromatic carboxylic acids is 1. The van der Waals surface area contributed by atoms with Gasteiger partial charge in [0.05, 0.1) is 17.8 Å². The number of nitrogens with zero attached hydrogens (tertiary/aromatic N) is 3. The van der Waals surface area contributed by atoms with Gasteiger partial charge in [-0.1, -0.05) is 6.07 Å². The fourth-order valence-electron chi connectivity index (χ4n) is 3.97. The van der Waals surface area contributed by atoms with E-state index in [9.17, 15) is 18.7 Å². The zero-order chi connectivity index (χ0) is 24.4. The van der Waals surface area contributed by atoms with Crippen LogP contribution in [-0.4, -0.2) is 38.8 Å². The molecule has 4 aromatic rings. The summed E-state index contributed by atoms with van der Waals surface area (Å²) in [4.78, 5) is 20.0. The quantitative estimate of drug-likeness (QED) is 0.371. The smallest absolute Gasteiger partial charge is 0.339 e. The Hall–Kier alpha value is -4.01. The van der Waals surface area contributed by atoms with Crippen molar-refractivity contribution in [1.29, 1.82) is 0 Å². The number of hydrogen-bond donors (Lipinski definition) is 2. The Kier molecular flexibility index (Phi) is 6.45. The summed E-state index contributed by atoms with van der Waals surface area (Å²) in [5.41, 5.74) is 3.21. The minimum Gasteiger partial charge on any atom is -0.493 e. The summed E-state index contributed by atoms with van der Waals surface area (Å²) in [5.74, 6) is -1.90. The third kappa shape index (κ3) is 4.41.